The Balaban J connectivity index is 2.39. The van der Waals surface area contributed by atoms with Gasteiger partial charge in [-0.3, -0.25) is 5.01 Å². The first-order valence-corrected chi connectivity index (χ1v) is 7.19. The number of amides is 2. The van der Waals surface area contributed by atoms with Crippen LogP contribution in [0.2, 0.25) is 0 Å². The molecule has 8 nitrogen and oxygen atoms in total. The number of anilines is 1. The largest absolute Gasteiger partial charge is 0.485 e. The van der Waals surface area contributed by atoms with E-state index in [0.717, 1.165) is 5.01 Å². The molecule has 0 aliphatic carbocycles. The highest BCUT2D eigenvalue weighted by atomic mass is 19.3. The normalized spacial score (nSPS) is 10.7. The van der Waals surface area contributed by atoms with Crippen molar-refractivity contribution in [1.82, 2.24) is 15.0 Å². The predicted molar refractivity (Wildman–Crippen MR) is 86.5 cm³/mol. The lowest BCUT2D eigenvalue weighted by molar-refractivity contribution is 0.148. The van der Waals surface area contributed by atoms with E-state index in [0.29, 0.717) is 16.5 Å². The third-order valence-electron chi connectivity index (χ3n) is 3.43. The van der Waals surface area contributed by atoms with Gasteiger partial charge in [0.15, 0.2) is 5.75 Å². The first kappa shape index (κ1) is 18.5. The lowest BCUT2D eigenvalue weighted by Gasteiger charge is -2.24. The van der Waals surface area contributed by atoms with Gasteiger partial charge >= 0.3 is 6.03 Å². The summed E-state index contributed by atoms with van der Waals surface area (Å²) in [6, 6.07) is 3.28. The van der Waals surface area contributed by atoms with Gasteiger partial charge in [-0.2, -0.15) is 0 Å². The number of hydrogen-bond donors (Lipinski definition) is 2. The Morgan fingerprint density at radius 3 is 2.68 bits per heavy atom. The molecule has 134 valence electrons. The van der Waals surface area contributed by atoms with Gasteiger partial charge in [-0.15, -0.1) is 0 Å². The fourth-order valence-electron chi connectivity index (χ4n) is 2.12. The maximum absolute atomic E-state index is 13.4. The van der Waals surface area contributed by atoms with Crippen LogP contribution >= 0.6 is 0 Å². The molecule has 0 bridgehead atoms. The van der Waals surface area contributed by atoms with E-state index in [2.05, 4.69) is 9.97 Å². The Labute approximate surface area is 142 Å². The summed E-state index contributed by atoms with van der Waals surface area (Å²) >= 11 is 0. The van der Waals surface area contributed by atoms with Crippen molar-refractivity contribution in [3.05, 3.63) is 47.5 Å². The van der Waals surface area contributed by atoms with Crippen LogP contribution in [0.1, 0.15) is 23.2 Å². The summed E-state index contributed by atoms with van der Waals surface area (Å²) in [5, 5.41) is 1.44. The molecule has 1 aromatic carbocycles. The number of urea groups is 1. The van der Waals surface area contributed by atoms with E-state index < -0.39 is 12.5 Å². The molecular weight excluding hydrogens is 334 g/mol. The number of alkyl halides is 2. The number of aryl methyl sites for hydroxylation is 1. The monoisotopic (exact) mass is 352 g/mol. The van der Waals surface area contributed by atoms with Crippen LogP contribution < -0.4 is 21.4 Å². The number of carbonyl (C=O) groups is 1. The maximum atomic E-state index is 13.4. The van der Waals surface area contributed by atoms with Crippen molar-refractivity contribution in [3.8, 4) is 5.75 Å². The molecule has 0 aliphatic heterocycles. The molecule has 10 heteroatoms. The Morgan fingerprint density at radius 1 is 1.36 bits per heavy atom. The van der Waals surface area contributed by atoms with E-state index in [1.54, 1.807) is 6.92 Å². The van der Waals surface area contributed by atoms with Crippen LogP contribution in [0.5, 0.6) is 5.75 Å². The zero-order chi connectivity index (χ0) is 18.6. The minimum Gasteiger partial charge on any atom is -0.485 e. The van der Waals surface area contributed by atoms with E-state index in [1.807, 2.05) is 0 Å². The second-order valence-corrected chi connectivity index (χ2v) is 5.17. The molecule has 0 radical (unpaired) electrons. The maximum Gasteiger partial charge on any atom is 0.352 e. The molecule has 2 rings (SSSR count). The van der Waals surface area contributed by atoms with Gasteiger partial charge < -0.3 is 4.74 Å². The summed E-state index contributed by atoms with van der Waals surface area (Å²) in [7, 11) is 1.29. The lowest BCUT2D eigenvalue weighted by Crippen LogP contribution is -2.49. The van der Waals surface area contributed by atoms with Crippen LogP contribution in [0, 0.1) is 6.92 Å². The van der Waals surface area contributed by atoms with Gasteiger partial charge in [-0.05, 0) is 13.0 Å². The number of nitrogens with zero attached hydrogens (tertiary/aromatic N) is 4. The highest BCUT2D eigenvalue weighted by molar-refractivity contribution is 5.91. The van der Waals surface area contributed by atoms with Crippen molar-refractivity contribution in [1.29, 1.82) is 0 Å². The Kier molecular flexibility index (Phi) is 5.78. The topological polar surface area (TPSA) is 111 Å². The number of aromatic nitrogens is 2. The average molecular weight is 352 g/mol. The standard InChI is InChI=1S/C15H18F2N6O2/c1-9-13(6-20-8-21-9)25-7-11-10(14(16)17)4-3-5-12(11)23(19)15(24)22(2)18/h3-6,8,14H,7,18-19H2,1-2H3. The van der Waals surface area contributed by atoms with Crippen molar-refractivity contribution in [3.63, 3.8) is 0 Å². The molecule has 0 atom stereocenters. The Bertz CT molecular complexity index is 757. The van der Waals surface area contributed by atoms with Gasteiger partial charge in [0, 0.05) is 18.2 Å². The number of nitrogens with two attached hydrogens (primary N) is 2. The summed E-state index contributed by atoms with van der Waals surface area (Å²) in [6.07, 6.45) is -0.00446. The van der Waals surface area contributed by atoms with Crippen molar-refractivity contribution >= 4 is 11.7 Å². The predicted octanol–water partition coefficient (Wildman–Crippen LogP) is 1.91. The molecule has 0 saturated carbocycles. The quantitative estimate of drug-likeness (QED) is 0.483. The lowest BCUT2D eigenvalue weighted by atomic mass is 10.1. The van der Waals surface area contributed by atoms with E-state index in [9.17, 15) is 13.6 Å². The molecule has 2 aromatic rings. The first-order valence-electron chi connectivity index (χ1n) is 7.19. The second kappa shape index (κ2) is 7.81. The number of hydrogen-bond acceptors (Lipinski definition) is 6. The summed E-state index contributed by atoms with van der Waals surface area (Å²) in [6.45, 7) is 1.44. The first-order chi connectivity index (χ1) is 11.8. The second-order valence-electron chi connectivity index (χ2n) is 5.17. The molecule has 0 spiro atoms. The van der Waals surface area contributed by atoms with Gasteiger partial charge in [0.05, 0.1) is 17.6 Å². The van der Waals surface area contributed by atoms with Crippen LogP contribution in [-0.2, 0) is 6.61 Å². The van der Waals surface area contributed by atoms with E-state index >= 15 is 0 Å². The van der Waals surface area contributed by atoms with Gasteiger partial charge in [0.25, 0.3) is 6.43 Å². The third-order valence-corrected chi connectivity index (χ3v) is 3.43. The van der Waals surface area contributed by atoms with Gasteiger partial charge in [0.1, 0.15) is 12.9 Å². The number of benzene rings is 1. The molecule has 2 amide bonds. The molecule has 0 aliphatic rings. The summed E-state index contributed by atoms with van der Waals surface area (Å²) in [5.74, 6) is 11.5. The minimum atomic E-state index is -2.77. The van der Waals surface area contributed by atoms with E-state index in [-0.39, 0.29) is 23.4 Å². The zero-order valence-electron chi connectivity index (χ0n) is 13.7. The average Bonchev–Trinajstić information content (AvgIpc) is 2.59. The van der Waals surface area contributed by atoms with Gasteiger partial charge in [-0.1, -0.05) is 12.1 Å². The SMILES string of the molecule is Cc1ncncc1OCc1c(C(F)F)cccc1N(N)C(=O)N(C)N. The minimum absolute atomic E-state index is 0.0644. The van der Waals surface area contributed by atoms with Crippen molar-refractivity contribution in [2.45, 2.75) is 20.0 Å². The van der Waals surface area contributed by atoms with Gasteiger partial charge in [0.2, 0.25) is 0 Å². The summed E-state index contributed by atoms with van der Waals surface area (Å²) < 4.78 is 32.3. The molecule has 4 N–H and O–H groups in total. The van der Waals surface area contributed by atoms with Crippen LogP contribution in [0.15, 0.2) is 30.7 Å². The highest BCUT2D eigenvalue weighted by Crippen LogP contribution is 2.31. The van der Waals surface area contributed by atoms with Crippen LogP contribution in [0.3, 0.4) is 0 Å². The summed E-state index contributed by atoms with van der Waals surface area (Å²) in [5.41, 5.74) is 0.386. The Hall–Kier alpha value is -2.85. The smallest absolute Gasteiger partial charge is 0.352 e. The van der Waals surface area contributed by atoms with Crippen molar-refractivity contribution in [2.75, 3.05) is 12.1 Å². The number of halogens is 2. The zero-order valence-corrected chi connectivity index (χ0v) is 13.7. The Morgan fingerprint density at radius 2 is 2.08 bits per heavy atom. The number of carbonyl (C=O) groups excluding carboxylic acids is 1. The summed E-state index contributed by atoms with van der Waals surface area (Å²) in [4.78, 5) is 19.7. The number of ether oxygens (including phenoxy) is 1. The molecule has 1 aromatic heterocycles. The fraction of sp³-hybridized carbons (Fsp3) is 0.267. The van der Waals surface area contributed by atoms with Crippen LogP contribution in [0.4, 0.5) is 19.3 Å². The third kappa shape index (κ3) is 4.17. The molecule has 0 fully saturated rings. The number of rotatable bonds is 5. The fourth-order valence-corrected chi connectivity index (χ4v) is 2.12. The van der Waals surface area contributed by atoms with E-state index in [4.69, 9.17) is 16.4 Å². The van der Waals surface area contributed by atoms with Crippen LogP contribution in [-0.4, -0.2) is 28.1 Å². The molecule has 1 heterocycles. The van der Waals surface area contributed by atoms with Crippen LogP contribution in [0.25, 0.3) is 0 Å². The van der Waals surface area contributed by atoms with Crippen molar-refractivity contribution < 1.29 is 18.3 Å². The molecule has 25 heavy (non-hydrogen) atoms. The highest BCUT2D eigenvalue weighted by Gasteiger charge is 2.23. The van der Waals surface area contributed by atoms with Crippen molar-refractivity contribution in [2.24, 2.45) is 11.7 Å². The molecule has 0 unspecified atom stereocenters. The van der Waals surface area contributed by atoms with Gasteiger partial charge in [-0.25, -0.2) is 40.2 Å². The van der Waals surface area contributed by atoms with E-state index in [1.165, 1.54) is 37.8 Å². The molecule has 0 saturated heterocycles. The molecular formula is C15H18F2N6O2. The number of hydrazine groups is 2.